The number of hydrogen-bond acceptors (Lipinski definition) is 4. The summed E-state index contributed by atoms with van der Waals surface area (Å²) in [4.78, 5) is 21.4. The average Bonchev–Trinajstić information content (AvgIpc) is 3.37. The third-order valence-electron chi connectivity index (χ3n) is 5.09. The van der Waals surface area contributed by atoms with Crippen LogP contribution in [0.1, 0.15) is 21.7 Å². The Bertz CT molecular complexity index is 1380. The second-order valence-electron chi connectivity index (χ2n) is 7.35. The molecule has 0 fully saturated rings. The van der Waals surface area contributed by atoms with E-state index in [0.717, 1.165) is 28.1 Å². The minimum atomic E-state index is -0.215. The van der Waals surface area contributed by atoms with Crippen molar-refractivity contribution >= 4 is 22.6 Å². The highest BCUT2D eigenvalue weighted by Crippen LogP contribution is 2.20. The molecule has 152 valence electrons. The predicted octanol–water partition coefficient (Wildman–Crippen LogP) is 4.48. The minimum absolute atomic E-state index is 0.215. The van der Waals surface area contributed by atoms with Gasteiger partial charge < -0.3 is 5.32 Å². The number of carbonyl (C=O) groups excluding carboxylic acids is 1. The molecule has 3 heterocycles. The molecule has 3 aromatic heterocycles. The van der Waals surface area contributed by atoms with Crippen LogP contribution in [0.2, 0.25) is 0 Å². The molecule has 0 aliphatic rings. The van der Waals surface area contributed by atoms with Gasteiger partial charge in [0.1, 0.15) is 6.33 Å². The molecule has 0 aliphatic carbocycles. The van der Waals surface area contributed by atoms with Gasteiger partial charge in [-0.15, -0.1) is 0 Å². The van der Waals surface area contributed by atoms with Crippen LogP contribution in [0.15, 0.2) is 79.3 Å². The number of rotatable bonds is 4. The van der Waals surface area contributed by atoms with Gasteiger partial charge in [0.25, 0.3) is 5.91 Å². The summed E-state index contributed by atoms with van der Waals surface area (Å²) in [5.41, 5.74) is 6.06. The van der Waals surface area contributed by atoms with Gasteiger partial charge in [-0.1, -0.05) is 12.1 Å². The van der Waals surface area contributed by atoms with Crippen LogP contribution in [-0.2, 0) is 0 Å². The SMILES string of the molecule is Cc1cc(C)n(-c2ccc(C(=O)Nc3ccc(-n4cnc5ccccc54)cc3)cn2)n1. The van der Waals surface area contributed by atoms with E-state index in [4.69, 9.17) is 0 Å². The van der Waals surface area contributed by atoms with Gasteiger partial charge in [-0.25, -0.2) is 14.6 Å². The van der Waals surface area contributed by atoms with E-state index in [9.17, 15) is 4.79 Å². The summed E-state index contributed by atoms with van der Waals surface area (Å²) in [7, 11) is 0. The number of benzene rings is 2. The number of imidazole rings is 1. The Morgan fingerprint density at radius 3 is 2.45 bits per heavy atom. The van der Waals surface area contributed by atoms with Crippen LogP contribution in [-0.4, -0.2) is 30.2 Å². The number of carbonyl (C=O) groups is 1. The molecule has 0 bridgehead atoms. The Kier molecular flexibility index (Phi) is 4.55. The van der Waals surface area contributed by atoms with Crippen molar-refractivity contribution in [3.8, 4) is 11.5 Å². The number of para-hydroxylation sites is 2. The maximum atomic E-state index is 12.6. The van der Waals surface area contributed by atoms with Gasteiger partial charge in [0.15, 0.2) is 5.82 Å². The number of aromatic nitrogens is 5. The van der Waals surface area contributed by atoms with Gasteiger partial charge in [-0.3, -0.25) is 9.36 Å². The molecule has 0 spiro atoms. The molecule has 0 saturated heterocycles. The highest BCUT2D eigenvalue weighted by Gasteiger charge is 2.10. The fraction of sp³-hybridized carbons (Fsp3) is 0.0833. The van der Waals surface area contributed by atoms with Crippen molar-refractivity contribution in [3.63, 3.8) is 0 Å². The first kappa shape index (κ1) is 18.7. The minimum Gasteiger partial charge on any atom is -0.322 e. The van der Waals surface area contributed by atoms with Crippen molar-refractivity contribution in [3.05, 3.63) is 96.2 Å². The van der Waals surface area contributed by atoms with Crippen molar-refractivity contribution in [1.29, 1.82) is 0 Å². The lowest BCUT2D eigenvalue weighted by atomic mass is 10.2. The van der Waals surface area contributed by atoms with Crippen molar-refractivity contribution < 1.29 is 4.79 Å². The molecule has 0 saturated carbocycles. The van der Waals surface area contributed by atoms with Gasteiger partial charge in [-0.05, 0) is 68.4 Å². The van der Waals surface area contributed by atoms with E-state index in [1.165, 1.54) is 0 Å². The topological polar surface area (TPSA) is 77.6 Å². The van der Waals surface area contributed by atoms with Gasteiger partial charge in [0.2, 0.25) is 0 Å². The van der Waals surface area contributed by atoms with E-state index in [-0.39, 0.29) is 5.91 Å². The third-order valence-corrected chi connectivity index (χ3v) is 5.09. The number of nitrogens with one attached hydrogen (secondary N) is 1. The smallest absolute Gasteiger partial charge is 0.257 e. The van der Waals surface area contributed by atoms with Crippen molar-refractivity contribution in [1.82, 2.24) is 24.3 Å². The molecule has 0 unspecified atom stereocenters. The van der Waals surface area contributed by atoms with E-state index < -0.39 is 0 Å². The Hall–Kier alpha value is -4.26. The first-order valence-electron chi connectivity index (χ1n) is 9.92. The monoisotopic (exact) mass is 408 g/mol. The molecule has 5 aromatic rings. The Labute approximate surface area is 179 Å². The molecule has 1 amide bonds. The lowest BCUT2D eigenvalue weighted by molar-refractivity contribution is 0.102. The zero-order valence-electron chi connectivity index (χ0n) is 17.1. The van der Waals surface area contributed by atoms with Crippen LogP contribution in [0.25, 0.3) is 22.5 Å². The summed E-state index contributed by atoms with van der Waals surface area (Å²) in [5.74, 6) is 0.465. The summed E-state index contributed by atoms with van der Waals surface area (Å²) in [6.07, 6.45) is 3.36. The largest absolute Gasteiger partial charge is 0.322 e. The lowest BCUT2D eigenvalue weighted by Crippen LogP contribution is -2.13. The number of pyridine rings is 1. The summed E-state index contributed by atoms with van der Waals surface area (Å²) < 4.78 is 3.78. The molecule has 5 rings (SSSR count). The Morgan fingerprint density at radius 1 is 0.935 bits per heavy atom. The van der Waals surface area contributed by atoms with E-state index in [1.807, 2.05) is 73.0 Å². The second-order valence-corrected chi connectivity index (χ2v) is 7.35. The summed E-state index contributed by atoms with van der Waals surface area (Å²) in [5, 5.41) is 7.33. The summed E-state index contributed by atoms with van der Waals surface area (Å²) in [6, 6.07) is 21.1. The molecule has 31 heavy (non-hydrogen) atoms. The first-order chi connectivity index (χ1) is 15.1. The molecule has 7 nitrogen and oxygen atoms in total. The zero-order chi connectivity index (χ0) is 21.4. The Balaban J connectivity index is 1.32. The summed E-state index contributed by atoms with van der Waals surface area (Å²) >= 11 is 0. The average molecular weight is 408 g/mol. The number of amides is 1. The second kappa shape index (κ2) is 7.53. The molecule has 1 N–H and O–H groups in total. The van der Waals surface area contributed by atoms with Crippen molar-refractivity contribution in [2.45, 2.75) is 13.8 Å². The molecular formula is C24H20N6O. The van der Waals surface area contributed by atoms with Crippen molar-refractivity contribution in [2.24, 2.45) is 0 Å². The van der Waals surface area contributed by atoms with Gasteiger partial charge in [-0.2, -0.15) is 5.10 Å². The van der Waals surface area contributed by atoms with Gasteiger partial charge in [0, 0.05) is 23.3 Å². The van der Waals surface area contributed by atoms with E-state index in [1.54, 1.807) is 29.3 Å². The van der Waals surface area contributed by atoms with Crippen LogP contribution in [0.3, 0.4) is 0 Å². The van der Waals surface area contributed by atoms with Crippen LogP contribution in [0.5, 0.6) is 0 Å². The number of fused-ring (bicyclic) bond motifs is 1. The molecule has 2 aromatic carbocycles. The number of nitrogens with zero attached hydrogens (tertiary/aromatic N) is 5. The lowest BCUT2D eigenvalue weighted by Gasteiger charge is -2.09. The maximum absolute atomic E-state index is 12.6. The number of hydrogen-bond donors (Lipinski definition) is 1. The van der Waals surface area contributed by atoms with Crippen LogP contribution in [0.4, 0.5) is 5.69 Å². The summed E-state index contributed by atoms with van der Waals surface area (Å²) in [6.45, 7) is 3.91. The van der Waals surface area contributed by atoms with E-state index in [2.05, 4.69) is 20.4 Å². The van der Waals surface area contributed by atoms with E-state index >= 15 is 0 Å². The highest BCUT2D eigenvalue weighted by atomic mass is 16.1. The fourth-order valence-corrected chi connectivity index (χ4v) is 3.58. The standard InChI is InChI=1S/C24H20N6O/c1-16-13-17(2)30(28-16)23-12-7-18(14-25-23)24(31)27-19-8-10-20(11-9-19)29-15-26-21-5-3-4-6-22(21)29/h3-15H,1-2H3,(H,27,31). The maximum Gasteiger partial charge on any atom is 0.257 e. The van der Waals surface area contributed by atoms with Crippen LogP contribution >= 0.6 is 0 Å². The van der Waals surface area contributed by atoms with Crippen LogP contribution < -0.4 is 5.32 Å². The fourth-order valence-electron chi connectivity index (χ4n) is 3.58. The van der Waals surface area contributed by atoms with Crippen LogP contribution in [0, 0.1) is 13.8 Å². The first-order valence-corrected chi connectivity index (χ1v) is 9.92. The molecule has 0 aliphatic heterocycles. The normalized spacial score (nSPS) is 11.0. The van der Waals surface area contributed by atoms with Gasteiger partial charge in [0.05, 0.1) is 22.3 Å². The molecular weight excluding hydrogens is 388 g/mol. The zero-order valence-corrected chi connectivity index (χ0v) is 17.1. The predicted molar refractivity (Wildman–Crippen MR) is 120 cm³/mol. The van der Waals surface area contributed by atoms with Crippen molar-refractivity contribution in [2.75, 3.05) is 5.32 Å². The third kappa shape index (κ3) is 3.57. The number of aryl methyl sites for hydroxylation is 2. The molecule has 7 heteroatoms. The molecule has 0 radical (unpaired) electrons. The number of anilines is 1. The van der Waals surface area contributed by atoms with E-state index in [0.29, 0.717) is 17.1 Å². The Morgan fingerprint density at radius 2 is 1.74 bits per heavy atom. The molecule has 0 atom stereocenters. The quantitative estimate of drug-likeness (QED) is 0.476. The van der Waals surface area contributed by atoms with Gasteiger partial charge >= 0.3 is 0 Å². The highest BCUT2D eigenvalue weighted by molar-refractivity contribution is 6.04.